The van der Waals surface area contributed by atoms with Crippen LogP contribution in [0.2, 0.25) is 0 Å². The van der Waals surface area contributed by atoms with Gasteiger partial charge in [-0.15, -0.1) is 0 Å². The van der Waals surface area contributed by atoms with Crippen molar-refractivity contribution in [2.45, 2.75) is 0 Å². The van der Waals surface area contributed by atoms with E-state index in [1.807, 2.05) is 30.3 Å². The molecule has 3 nitrogen and oxygen atoms in total. The van der Waals surface area contributed by atoms with Crippen molar-refractivity contribution >= 4 is 5.97 Å². The fourth-order valence-electron chi connectivity index (χ4n) is 1.57. The van der Waals surface area contributed by atoms with Crippen molar-refractivity contribution in [3.8, 4) is 16.9 Å². The standard InChI is InChI=1S/C13H10O3.Cu/c14-12-10(9-5-2-1-3-6-9)7-4-8-11(12)13(15)16;/h1-8,14H,(H,15,16);. The van der Waals surface area contributed by atoms with Crippen molar-refractivity contribution < 1.29 is 32.1 Å². The molecule has 0 atom stereocenters. The Kier molecular flexibility index (Phi) is 4.32. The third kappa shape index (κ3) is 2.67. The summed E-state index contributed by atoms with van der Waals surface area (Å²) in [6, 6.07) is 13.9. The molecule has 0 aliphatic heterocycles. The van der Waals surface area contributed by atoms with Gasteiger partial charge in [0.05, 0.1) is 0 Å². The molecule has 0 saturated carbocycles. The summed E-state index contributed by atoms with van der Waals surface area (Å²) in [4.78, 5) is 10.8. The Labute approximate surface area is 109 Å². The number of hydrogen-bond acceptors (Lipinski definition) is 2. The van der Waals surface area contributed by atoms with Crippen LogP contribution in [0.4, 0.5) is 0 Å². The predicted octanol–water partition coefficient (Wildman–Crippen LogP) is 2.75. The molecular formula is C13H10CuO3. The average Bonchev–Trinajstić information content (AvgIpc) is 2.30. The molecule has 0 amide bonds. The molecule has 4 heteroatoms. The minimum atomic E-state index is -1.13. The van der Waals surface area contributed by atoms with E-state index in [0.717, 1.165) is 5.56 Å². The Bertz CT molecular complexity index is 523. The van der Waals surface area contributed by atoms with E-state index in [2.05, 4.69) is 0 Å². The third-order valence-corrected chi connectivity index (χ3v) is 2.35. The largest absolute Gasteiger partial charge is 0.506 e. The second-order valence-corrected chi connectivity index (χ2v) is 3.37. The quantitative estimate of drug-likeness (QED) is 0.830. The van der Waals surface area contributed by atoms with E-state index < -0.39 is 5.97 Å². The van der Waals surface area contributed by atoms with E-state index in [4.69, 9.17) is 5.11 Å². The zero-order chi connectivity index (χ0) is 11.5. The fraction of sp³-hybridized carbons (Fsp3) is 0. The van der Waals surface area contributed by atoms with E-state index in [0.29, 0.717) is 5.56 Å². The molecule has 0 aromatic heterocycles. The monoisotopic (exact) mass is 277 g/mol. The number of hydrogen-bond donors (Lipinski definition) is 2. The Morgan fingerprint density at radius 1 is 0.941 bits per heavy atom. The molecule has 2 rings (SSSR count). The molecule has 1 radical (unpaired) electrons. The molecule has 2 aromatic carbocycles. The van der Waals surface area contributed by atoms with Crippen molar-refractivity contribution in [2.75, 3.05) is 0 Å². The molecule has 0 aliphatic rings. The second kappa shape index (κ2) is 5.53. The Morgan fingerprint density at radius 3 is 2.18 bits per heavy atom. The molecule has 0 unspecified atom stereocenters. The molecule has 17 heavy (non-hydrogen) atoms. The number of aromatic carboxylic acids is 1. The zero-order valence-corrected chi connectivity index (χ0v) is 9.66. The van der Waals surface area contributed by atoms with Crippen molar-refractivity contribution in [3.05, 3.63) is 54.1 Å². The topological polar surface area (TPSA) is 57.5 Å². The molecular weight excluding hydrogens is 268 g/mol. The first kappa shape index (κ1) is 13.3. The van der Waals surface area contributed by atoms with Crippen LogP contribution in [0.5, 0.6) is 5.75 Å². The second-order valence-electron chi connectivity index (χ2n) is 3.37. The van der Waals surface area contributed by atoms with Gasteiger partial charge in [0.15, 0.2) is 0 Å². The van der Waals surface area contributed by atoms with Crippen molar-refractivity contribution in [1.29, 1.82) is 0 Å². The number of carboxylic acid groups (broad SMARTS) is 1. The van der Waals surface area contributed by atoms with Crippen LogP contribution in [-0.4, -0.2) is 16.2 Å². The first-order valence-electron chi connectivity index (χ1n) is 4.81. The van der Waals surface area contributed by atoms with Crippen molar-refractivity contribution in [3.63, 3.8) is 0 Å². The van der Waals surface area contributed by atoms with Gasteiger partial charge in [-0.25, -0.2) is 4.79 Å². The maximum absolute atomic E-state index is 10.8. The van der Waals surface area contributed by atoms with Gasteiger partial charge in [0.25, 0.3) is 0 Å². The molecule has 91 valence electrons. The van der Waals surface area contributed by atoms with Crippen LogP contribution in [0.15, 0.2) is 48.5 Å². The molecule has 0 aliphatic carbocycles. The van der Waals surface area contributed by atoms with Crippen LogP contribution < -0.4 is 0 Å². The van der Waals surface area contributed by atoms with E-state index in [1.165, 1.54) is 6.07 Å². The maximum Gasteiger partial charge on any atom is 0.339 e. The molecule has 0 fully saturated rings. The van der Waals surface area contributed by atoms with Crippen LogP contribution in [0.1, 0.15) is 10.4 Å². The first-order chi connectivity index (χ1) is 7.70. The SMILES string of the molecule is O=C(O)c1cccc(-c2ccccc2)c1O.[Cu]. The summed E-state index contributed by atoms with van der Waals surface area (Å²) >= 11 is 0. The smallest absolute Gasteiger partial charge is 0.339 e. The summed E-state index contributed by atoms with van der Waals surface area (Å²) in [5, 5.41) is 18.7. The zero-order valence-electron chi connectivity index (χ0n) is 8.72. The normalized spacial score (nSPS) is 9.41. The fourth-order valence-corrected chi connectivity index (χ4v) is 1.57. The van der Waals surface area contributed by atoms with E-state index >= 15 is 0 Å². The van der Waals surface area contributed by atoms with E-state index in [9.17, 15) is 9.90 Å². The number of carboxylic acids is 1. The number of aromatic hydroxyl groups is 1. The van der Waals surface area contributed by atoms with Crippen molar-refractivity contribution in [1.82, 2.24) is 0 Å². The van der Waals surface area contributed by atoms with Crippen molar-refractivity contribution in [2.24, 2.45) is 0 Å². The molecule has 0 saturated heterocycles. The first-order valence-corrected chi connectivity index (χ1v) is 4.81. The molecule has 0 bridgehead atoms. The van der Waals surface area contributed by atoms with Gasteiger partial charge in [-0.2, -0.15) is 0 Å². The summed E-state index contributed by atoms with van der Waals surface area (Å²) < 4.78 is 0. The summed E-state index contributed by atoms with van der Waals surface area (Å²) in [5.41, 5.74) is 1.24. The van der Waals surface area contributed by atoms with E-state index in [-0.39, 0.29) is 28.4 Å². The predicted molar refractivity (Wildman–Crippen MR) is 60.5 cm³/mol. The minimum absolute atomic E-state index is 0. The summed E-state index contributed by atoms with van der Waals surface area (Å²) in [5.74, 6) is -1.32. The van der Waals surface area contributed by atoms with Gasteiger partial charge in [-0.05, 0) is 11.6 Å². The van der Waals surface area contributed by atoms with Gasteiger partial charge >= 0.3 is 5.97 Å². The molecule has 2 N–H and O–H groups in total. The van der Waals surface area contributed by atoms with E-state index in [1.54, 1.807) is 12.1 Å². The Morgan fingerprint density at radius 2 is 1.59 bits per heavy atom. The Hall–Kier alpha value is -1.77. The van der Waals surface area contributed by atoms with Crippen LogP contribution in [0, 0.1) is 0 Å². The number of benzene rings is 2. The van der Waals surface area contributed by atoms with Crippen LogP contribution in [-0.2, 0) is 17.1 Å². The molecule has 2 aromatic rings. The van der Waals surface area contributed by atoms with Gasteiger partial charge in [-0.3, -0.25) is 0 Å². The maximum atomic E-state index is 10.8. The van der Waals surface area contributed by atoms with Crippen LogP contribution in [0.3, 0.4) is 0 Å². The van der Waals surface area contributed by atoms with Gasteiger partial charge in [-0.1, -0.05) is 42.5 Å². The molecule has 0 heterocycles. The number of carbonyl (C=O) groups is 1. The van der Waals surface area contributed by atoms with Gasteiger partial charge in [0.2, 0.25) is 0 Å². The summed E-state index contributed by atoms with van der Waals surface area (Å²) in [6.07, 6.45) is 0. The van der Waals surface area contributed by atoms with Gasteiger partial charge in [0.1, 0.15) is 11.3 Å². The van der Waals surface area contributed by atoms with Crippen LogP contribution >= 0.6 is 0 Å². The minimum Gasteiger partial charge on any atom is -0.506 e. The Balaban J connectivity index is 0.00000144. The number of phenols is 1. The van der Waals surface area contributed by atoms with Crippen LogP contribution in [0.25, 0.3) is 11.1 Å². The summed E-state index contributed by atoms with van der Waals surface area (Å²) in [6.45, 7) is 0. The van der Waals surface area contributed by atoms with Gasteiger partial charge < -0.3 is 10.2 Å². The number of rotatable bonds is 2. The number of para-hydroxylation sites is 1. The third-order valence-electron chi connectivity index (χ3n) is 2.35. The average molecular weight is 278 g/mol. The summed E-state index contributed by atoms with van der Waals surface area (Å²) in [7, 11) is 0. The molecule has 0 spiro atoms. The van der Waals surface area contributed by atoms with Gasteiger partial charge in [0, 0.05) is 22.6 Å².